The maximum Gasteiger partial charge on any atom is 0.151 e. The summed E-state index contributed by atoms with van der Waals surface area (Å²) in [7, 11) is 0. The number of benzene rings is 1. The maximum absolute atomic E-state index is 13.4. The van der Waals surface area contributed by atoms with Crippen LogP contribution in [-0.2, 0) is 6.54 Å². The van der Waals surface area contributed by atoms with Crippen LogP contribution in [0.3, 0.4) is 0 Å². The Hall–Kier alpha value is -0.870. The van der Waals surface area contributed by atoms with Gasteiger partial charge in [0.05, 0.1) is 16.4 Å². The quantitative estimate of drug-likeness (QED) is 0.925. The van der Waals surface area contributed by atoms with Crippen molar-refractivity contribution in [1.29, 1.82) is 0 Å². The molecule has 0 saturated carbocycles. The predicted molar refractivity (Wildman–Crippen MR) is 61.3 cm³/mol. The third-order valence-electron chi connectivity index (χ3n) is 2.18. The highest BCUT2D eigenvalue weighted by molar-refractivity contribution is 9.10. The first-order valence-electron chi connectivity index (χ1n) is 4.79. The fraction of sp³-hybridized carbons (Fsp3) is 0.273. The molecular formula is C11H11BrFNO. The molecule has 15 heavy (non-hydrogen) atoms. The van der Waals surface area contributed by atoms with Gasteiger partial charge in [0.2, 0.25) is 0 Å². The molecule has 1 aromatic carbocycles. The summed E-state index contributed by atoms with van der Waals surface area (Å²) in [5.41, 5.74) is 0.572. The third kappa shape index (κ3) is 2.06. The number of rotatable bonds is 3. The molecule has 0 atom stereocenters. The first-order chi connectivity index (χ1) is 7.22. The van der Waals surface area contributed by atoms with E-state index < -0.39 is 0 Å². The van der Waals surface area contributed by atoms with E-state index in [0.717, 1.165) is 16.8 Å². The molecule has 0 saturated heterocycles. The summed E-state index contributed by atoms with van der Waals surface area (Å²) in [6, 6.07) is 4.81. The molecular weight excluding hydrogens is 261 g/mol. The van der Waals surface area contributed by atoms with E-state index in [1.165, 1.54) is 6.07 Å². The first kappa shape index (κ1) is 10.6. The molecule has 0 bridgehead atoms. The normalized spacial score (nSPS) is 11.1. The van der Waals surface area contributed by atoms with Crippen LogP contribution in [0.15, 0.2) is 27.1 Å². The molecule has 1 heterocycles. The Morgan fingerprint density at radius 2 is 2.27 bits per heavy atom. The van der Waals surface area contributed by atoms with Crippen LogP contribution in [0.25, 0.3) is 11.0 Å². The third-order valence-corrected chi connectivity index (χ3v) is 2.81. The molecule has 0 unspecified atom stereocenters. The van der Waals surface area contributed by atoms with Crippen molar-refractivity contribution in [2.75, 3.05) is 6.54 Å². The minimum absolute atomic E-state index is 0.250. The molecule has 0 radical (unpaired) electrons. The van der Waals surface area contributed by atoms with Crippen molar-refractivity contribution in [1.82, 2.24) is 5.32 Å². The fourth-order valence-electron chi connectivity index (χ4n) is 1.44. The van der Waals surface area contributed by atoms with E-state index in [1.807, 2.05) is 6.92 Å². The van der Waals surface area contributed by atoms with E-state index in [-0.39, 0.29) is 5.82 Å². The van der Waals surface area contributed by atoms with Crippen molar-refractivity contribution in [3.05, 3.63) is 34.2 Å². The highest BCUT2D eigenvalue weighted by Crippen LogP contribution is 2.29. The van der Waals surface area contributed by atoms with Crippen LogP contribution in [0.1, 0.15) is 12.7 Å². The summed E-state index contributed by atoms with van der Waals surface area (Å²) in [4.78, 5) is 0. The van der Waals surface area contributed by atoms with E-state index in [0.29, 0.717) is 17.5 Å². The second-order valence-corrected chi connectivity index (χ2v) is 4.12. The minimum atomic E-state index is -0.250. The number of hydrogen-bond acceptors (Lipinski definition) is 2. The van der Waals surface area contributed by atoms with Crippen molar-refractivity contribution >= 4 is 26.9 Å². The van der Waals surface area contributed by atoms with Gasteiger partial charge in [-0.15, -0.1) is 0 Å². The van der Waals surface area contributed by atoms with E-state index >= 15 is 0 Å². The van der Waals surface area contributed by atoms with E-state index in [4.69, 9.17) is 4.42 Å². The maximum atomic E-state index is 13.4. The lowest BCUT2D eigenvalue weighted by molar-refractivity contribution is 0.518. The van der Waals surface area contributed by atoms with Gasteiger partial charge >= 0.3 is 0 Å². The number of fused-ring (bicyclic) bond motifs is 1. The lowest BCUT2D eigenvalue weighted by Crippen LogP contribution is -2.10. The van der Waals surface area contributed by atoms with E-state index in [1.54, 1.807) is 12.1 Å². The van der Waals surface area contributed by atoms with Crippen LogP contribution in [0.2, 0.25) is 0 Å². The number of hydrogen-bond donors (Lipinski definition) is 1. The highest BCUT2D eigenvalue weighted by atomic mass is 79.9. The van der Waals surface area contributed by atoms with Crippen molar-refractivity contribution in [3.63, 3.8) is 0 Å². The van der Waals surface area contributed by atoms with Crippen molar-refractivity contribution in [2.45, 2.75) is 13.5 Å². The fourth-order valence-corrected chi connectivity index (χ4v) is 1.87. The number of nitrogens with one attached hydrogen (secondary N) is 1. The minimum Gasteiger partial charge on any atom is -0.458 e. The van der Waals surface area contributed by atoms with E-state index in [2.05, 4.69) is 21.2 Å². The van der Waals surface area contributed by atoms with Crippen LogP contribution in [0.5, 0.6) is 0 Å². The van der Waals surface area contributed by atoms with Crippen molar-refractivity contribution in [2.24, 2.45) is 0 Å². The Labute approximate surface area is 95.6 Å². The molecule has 0 spiro atoms. The molecule has 4 heteroatoms. The molecule has 1 aromatic heterocycles. The molecule has 0 amide bonds. The lowest BCUT2D eigenvalue weighted by atomic mass is 10.2. The summed E-state index contributed by atoms with van der Waals surface area (Å²) in [5, 5.41) is 3.66. The summed E-state index contributed by atoms with van der Waals surface area (Å²) in [5.74, 6) is 0.498. The molecule has 0 aliphatic heterocycles. The van der Waals surface area contributed by atoms with Gasteiger partial charge in [0.15, 0.2) is 5.58 Å². The van der Waals surface area contributed by atoms with Crippen molar-refractivity contribution < 1.29 is 8.81 Å². The molecule has 2 rings (SSSR count). The monoisotopic (exact) mass is 271 g/mol. The molecule has 0 aliphatic rings. The molecule has 1 N–H and O–H groups in total. The van der Waals surface area contributed by atoms with Crippen LogP contribution in [0.4, 0.5) is 4.39 Å². The van der Waals surface area contributed by atoms with Gasteiger partial charge in [-0.1, -0.05) is 6.92 Å². The number of halogens is 2. The summed E-state index contributed by atoms with van der Waals surface area (Å²) in [6.07, 6.45) is 0. The van der Waals surface area contributed by atoms with Gasteiger partial charge in [-0.2, -0.15) is 0 Å². The summed E-state index contributed by atoms with van der Waals surface area (Å²) < 4.78 is 19.7. The topological polar surface area (TPSA) is 25.2 Å². The molecule has 80 valence electrons. The molecule has 0 aliphatic carbocycles. The van der Waals surface area contributed by atoms with E-state index in [9.17, 15) is 4.39 Å². The highest BCUT2D eigenvalue weighted by Gasteiger charge is 2.10. The lowest BCUT2D eigenvalue weighted by Gasteiger charge is -1.95. The SMILES string of the molecule is CCNCc1cc2c(F)ccc(Br)c2o1. The zero-order valence-corrected chi connectivity index (χ0v) is 9.90. The molecule has 2 aromatic rings. The van der Waals surface area contributed by atoms with Crippen LogP contribution < -0.4 is 5.32 Å². The molecule has 2 nitrogen and oxygen atoms in total. The second-order valence-electron chi connectivity index (χ2n) is 3.27. The average Bonchev–Trinajstić information content (AvgIpc) is 2.66. The van der Waals surface area contributed by atoms with Gasteiger partial charge in [0, 0.05) is 0 Å². The summed E-state index contributed by atoms with van der Waals surface area (Å²) >= 11 is 3.33. The summed E-state index contributed by atoms with van der Waals surface area (Å²) in [6.45, 7) is 3.50. The van der Waals surface area contributed by atoms with Gasteiger partial charge in [0.25, 0.3) is 0 Å². The predicted octanol–water partition coefficient (Wildman–Crippen LogP) is 3.44. The Balaban J connectivity index is 2.45. The van der Waals surface area contributed by atoms with Gasteiger partial charge in [-0.25, -0.2) is 4.39 Å². The van der Waals surface area contributed by atoms with Gasteiger partial charge < -0.3 is 9.73 Å². The smallest absolute Gasteiger partial charge is 0.151 e. The van der Waals surface area contributed by atoms with Gasteiger partial charge in [-0.05, 0) is 40.7 Å². The Morgan fingerprint density at radius 3 is 2.93 bits per heavy atom. The zero-order valence-electron chi connectivity index (χ0n) is 8.31. The second kappa shape index (κ2) is 4.33. The average molecular weight is 272 g/mol. The van der Waals surface area contributed by atoms with Gasteiger partial charge in [0.1, 0.15) is 11.6 Å². The molecule has 0 fully saturated rings. The Kier molecular flexibility index (Phi) is 3.07. The Bertz CT molecular complexity index is 442. The van der Waals surface area contributed by atoms with Gasteiger partial charge in [-0.3, -0.25) is 0 Å². The first-order valence-corrected chi connectivity index (χ1v) is 5.59. The van der Waals surface area contributed by atoms with Crippen LogP contribution in [0, 0.1) is 5.82 Å². The Morgan fingerprint density at radius 1 is 1.47 bits per heavy atom. The zero-order chi connectivity index (χ0) is 10.8. The van der Waals surface area contributed by atoms with Crippen LogP contribution >= 0.6 is 15.9 Å². The van der Waals surface area contributed by atoms with Crippen molar-refractivity contribution in [3.8, 4) is 0 Å². The largest absolute Gasteiger partial charge is 0.458 e. The van der Waals surface area contributed by atoms with Crippen LogP contribution in [-0.4, -0.2) is 6.54 Å². The number of furan rings is 1. The standard InChI is InChI=1S/C11H11BrFNO/c1-2-14-6-7-5-8-10(13)4-3-9(12)11(8)15-7/h3-5,14H,2,6H2,1H3.